The van der Waals surface area contributed by atoms with Crippen molar-refractivity contribution in [3.63, 3.8) is 0 Å². The number of fused-ring (bicyclic) bond motifs is 1. The van der Waals surface area contributed by atoms with Gasteiger partial charge in [-0.25, -0.2) is 0 Å². The lowest BCUT2D eigenvalue weighted by atomic mass is 10.2. The van der Waals surface area contributed by atoms with Gasteiger partial charge in [0.05, 0.1) is 23.8 Å². The first-order chi connectivity index (χ1) is 8.75. The van der Waals surface area contributed by atoms with E-state index >= 15 is 0 Å². The third-order valence-electron chi connectivity index (χ3n) is 3.60. The fourth-order valence-electron chi connectivity index (χ4n) is 2.56. The average Bonchev–Trinajstić information content (AvgIpc) is 2.69. The first-order valence-electron chi connectivity index (χ1n) is 6.28. The Hall–Kier alpha value is -1.03. The minimum absolute atomic E-state index is 0.822. The number of benzene rings is 1. The number of rotatable bonds is 2. The quantitative estimate of drug-likeness (QED) is 0.830. The van der Waals surface area contributed by atoms with E-state index < -0.39 is 0 Å². The van der Waals surface area contributed by atoms with Gasteiger partial charge in [-0.1, -0.05) is 23.7 Å². The predicted octanol–water partition coefficient (Wildman–Crippen LogP) is 2.66. The van der Waals surface area contributed by atoms with E-state index in [-0.39, 0.29) is 0 Å². The lowest BCUT2D eigenvalue weighted by Crippen LogP contribution is -2.36. The molecule has 0 radical (unpaired) electrons. The number of aryl methyl sites for hydroxylation is 1. The first-order valence-corrected chi connectivity index (χ1v) is 6.66. The fourth-order valence-corrected chi connectivity index (χ4v) is 2.87. The zero-order valence-corrected chi connectivity index (χ0v) is 11.3. The number of morpholine rings is 1. The maximum atomic E-state index is 6.26. The Morgan fingerprint density at radius 3 is 2.78 bits per heavy atom. The Balaban J connectivity index is 1.92. The van der Waals surface area contributed by atoms with E-state index in [2.05, 4.69) is 28.6 Å². The van der Waals surface area contributed by atoms with Gasteiger partial charge in [-0.3, -0.25) is 4.90 Å². The van der Waals surface area contributed by atoms with Crippen LogP contribution in [0.2, 0.25) is 5.02 Å². The molecular formula is C14H17ClN2O. The molecule has 96 valence electrons. The van der Waals surface area contributed by atoms with Crippen molar-refractivity contribution < 1.29 is 4.74 Å². The molecule has 0 spiro atoms. The molecule has 3 nitrogen and oxygen atoms in total. The fraction of sp³-hybridized carbons (Fsp3) is 0.429. The van der Waals surface area contributed by atoms with Crippen LogP contribution in [0.5, 0.6) is 0 Å². The van der Waals surface area contributed by atoms with Crippen LogP contribution in [-0.2, 0) is 18.3 Å². The molecule has 0 aliphatic carbocycles. The molecule has 0 amide bonds. The van der Waals surface area contributed by atoms with Crippen LogP contribution in [0.1, 0.15) is 5.69 Å². The average molecular weight is 265 g/mol. The van der Waals surface area contributed by atoms with Crippen LogP contribution in [0.25, 0.3) is 10.9 Å². The van der Waals surface area contributed by atoms with Gasteiger partial charge in [-0.15, -0.1) is 0 Å². The van der Waals surface area contributed by atoms with Crippen molar-refractivity contribution in [2.45, 2.75) is 6.54 Å². The lowest BCUT2D eigenvalue weighted by Gasteiger charge is -2.26. The summed E-state index contributed by atoms with van der Waals surface area (Å²) in [4.78, 5) is 2.42. The summed E-state index contributed by atoms with van der Waals surface area (Å²) in [7, 11) is 2.09. The molecule has 1 fully saturated rings. The van der Waals surface area contributed by atoms with Crippen molar-refractivity contribution in [2.24, 2.45) is 7.05 Å². The van der Waals surface area contributed by atoms with E-state index in [0.717, 1.165) is 43.4 Å². The molecular weight excluding hydrogens is 248 g/mol. The number of nitrogens with zero attached hydrogens (tertiary/aromatic N) is 2. The molecule has 0 atom stereocenters. The van der Waals surface area contributed by atoms with Crippen LogP contribution in [-0.4, -0.2) is 35.8 Å². The summed E-state index contributed by atoms with van der Waals surface area (Å²) in [6.07, 6.45) is 0. The van der Waals surface area contributed by atoms with Crippen LogP contribution in [0.15, 0.2) is 24.3 Å². The van der Waals surface area contributed by atoms with Crippen LogP contribution in [0, 0.1) is 0 Å². The van der Waals surface area contributed by atoms with Gasteiger partial charge in [0.15, 0.2) is 0 Å². The van der Waals surface area contributed by atoms with Gasteiger partial charge in [0, 0.05) is 37.8 Å². The van der Waals surface area contributed by atoms with Gasteiger partial charge in [-0.2, -0.15) is 0 Å². The molecule has 18 heavy (non-hydrogen) atoms. The standard InChI is InChI=1S/C14H17ClN2O/c1-16-12(10-17-5-7-18-8-6-17)9-11-3-2-4-13(15)14(11)16/h2-4,9H,5-8,10H2,1H3. The van der Waals surface area contributed by atoms with Gasteiger partial charge >= 0.3 is 0 Å². The minimum atomic E-state index is 0.822. The van der Waals surface area contributed by atoms with Gasteiger partial charge in [0.25, 0.3) is 0 Å². The largest absolute Gasteiger partial charge is 0.379 e. The molecule has 2 aromatic rings. The summed E-state index contributed by atoms with van der Waals surface area (Å²) >= 11 is 6.26. The highest BCUT2D eigenvalue weighted by molar-refractivity contribution is 6.35. The maximum absolute atomic E-state index is 6.26. The Labute approximate surface area is 112 Å². The molecule has 3 rings (SSSR count). The number of para-hydroxylation sites is 1. The molecule has 2 heterocycles. The number of ether oxygens (including phenoxy) is 1. The highest BCUT2D eigenvalue weighted by Gasteiger charge is 2.14. The summed E-state index contributed by atoms with van der Waals surface area (Å²) in [5.74, 6) is 0. The Kier molecular flexibility index (Phi) is 3.29. The Morgan fingerprint density at radius 2 is 2.06 bits per heavy atom. The van der Waals surface area contributed by atoms with E-state index in [1.54, 1.807) is 0 Å². The summed E-state index contributed by atoms with van der Waals surface area (Å²) < 4.78 is 7.58. The summed E-state index contributed by atoms with van der Waals surface area (Å²) in [6, 6.07) is 8.30. The van der Waals surface area contributed by atoms with Crippen molar-refractivity contribution in [1.82, 2.24) is 9.47 Å². The molecule has 1 aliphatic rings. The van der Waals surface area contributed by atoms with Crippen LogP contribution < -0.4 is 0 Å². The summed E-state index contributed by atoms with van der Waals surface area (Å²) in [5, 5.41) is 2.04. The van der Waals surface area contributed by atoms with E-state index in [0.29, 0.717) is 0 Å². The zero-order valence-electron chi connectivity index (χ0n) is 10.5. The van der Waals surface area contributed by atoms with Crippen LogP contribution in [0.4, 0.5) is 0 Å². The van der Waals surface area contributed by atoms with Gasteiger partial charge in [-0.05, 0) is 12.1 Å². The second kappa shape index (κ2) is 4.92. The van der Waals surface area contributed by atoms with E-state index in [1.807, 2.05) is 12.1 Å². The number of hydrogen-bond donors (Lipinski definition) is 0. The summed E-state index contributed by atoms with van der Waals surface area (Å²) in [6.45, 7) is 4.66. The van der Waals surface area contributed by atoms with Crippen molar-refractivity contribution in [2.75, 3.05) is 26.3 Å². The highest BCUT2D eigenvalue weighted by Crippen LogP contribution is 2.26. The van der Waals surface area contributed by atoms with E-state index in [4.69, 9.17) is 16.3 Å². The molecule has 1 aromatic carbocycles. The van der Waals surface area contributed by atoms with E-state index in [1.165, 1.54) is 11.1 Å². The third-order valence-corrected chi connectivity index (χ3v) is 3.90. The van der Waals surface area contributed by atoms with Crippen molar-refractivity contribution in [1.29, 1.82) is 0 Å². The molecule has 0 bridgehead atoms. The number of aromatic nitrogens is 1. The van der Waals surface area contributed by atoms with Gasteiger partial charge < -0.3 is 9.30 Å². The topological polar surface area (TPSA) is 17.4 Å². The minimum Gasteiger partial charge on any atom is -0.379 e. The smallest absolute Gasteiger partial charge is 0.0669 e. The first kappa shape index (κ1) is 12.0. The molecule has 0 N–H and O–H groups in total. The lowest BCUT2D eigenvalue weighted by molar-refractivity contribution is 0.0333. The monoisotopic (exact) mass is 264 g/mol. The molecule has 0 saturated carbocycles. The van der Waals surface area contributed by atoms with E-state index in [9.17, 15) is 0 Å². The van der Waals surface area contributed by atoms with Gasteiger partial charge in [0.2, 0.25) is 0 Å². The molecule has 1 aliphatic heterocycles. The van der Waals surface area contributed by atoms with Crippen molar-refractivity contribution in [3.8, 4) is 0 Å². The Morgan fingerprint density at radius 1 is 1.28 bits per heavy atom. The van der Waals surface area contributed by atoms with Crippen LogP contribution in [0.3, 0.4) is 0 Å². The van der Waals surface area contributed by atoms with Gasteiger partial charge in [0.1, 0.15) is 0 Å². The molecule has 1 saturated heterocycles. The second-order valence-corrected chi connectivity index (χ2v) is 5.17. The predicted molar refractivity (Wildman–Crippen MR) is 74.0 cm³/mol. The maximum Gasteiger partial charge on any atom is 0.0669 e. The Bertz CT molecular complexity index is 558. The third kappa shape index (κ3) is 2.14. The van der Waals surface area contributed by atoms with Crippen LogP contribution >= 0.6 is 11.6 Å². The van der Waals surface area contributed by atoms with Crippen molar-refractivity contribution >= 4 is 22.5 Å². The second-order valence-electron chi connectivity index (χ2n) is 4.76. The number of hydrogen-bond acceptors (Lipinski definition) is 2. The van der Waals surface area contributed by atoms with Crippen molar-refractivity contribution in [3.05, 3.63) is 35.0 Å². The zero-order chi connectivity index (χ0) is 12.5. The molecule has 4 heteroatoms. The number of halogens is 1. The molecule has 1 aromatic heterocycles. The SMILES string of the molecule is Cn1c(CN2CCOCC2)cc2cccc(Cl)c21. The highest BCUT2D eigenvalue weighted by atomic mass is 35.5. The summed E-state index contributed by atoms with van der Waals surface area (Å²) in [5.41, 5.74) is 2.43. The normalized spacial score (nSPS) is 17.4. The molecule has 0 unspecified atom stereocenters.